The zero-order valence-corrected chi connectivity index (χ0v) is 14.4. The summed E-state index contributed by atoms with van der Waals surface area (Å²) in [6, 6.07) is 6.42. The molecule has 6 heteroatoms. The fraction of sp³-hybridized carbons (Fsp3) is 0.562. The molecule has 0 bridgehead atoms. The minimum absolute atomic E-state index is 0.196. The van der Waals surface area contributed by atoms with Gasteiger partial charge in [-0.05, 0) is 44.4 Å². The van der Waals surface area contributed by atoms with Crippen molar-refractivity contribution in [2.45, 2.75) is 26.4 Å². The topological polar surface area (TPSA) is 45.7 Å². The number of rotatable bonds is 9. The number of aliphatic imine (C=N–C) groups is 1. The molecule has 0 saturated carbocycles. The highest BCUT2D eigenvalue weighted by molar-refractivity contribution is 7.98. The summed E-state index contributed by atoms with van der Waals surface area (Å²) in [5.74, 6) is 1.82. The van der Waals surface area contributed by atoms with Crippen LogP contribution in [0, 0.1) is 5.82 Å². The molecule has 1 rings (SSSR count). The number of guanidine groups is 1. The number of halogens is 1. The van der Waals surface area contributed by atoms with E-state index in [2.05, 4.69) is 21.9 Å². The maximum absolute atomic E-state index is 13.5. The molecule has 1 aromatic carbocycles. The largest absolute Gasteiger partial charge is 0.486 e. The van der Waals surface area contributed by atoms with Crippen LogP contribution in [0.1, 0.15) is 20.3 Å². The van der Waals surface area contributed by atoms with Gasteiger partial charge in [-0.25, -0.2) is 9.38 Å². The zero-order chi connectivity index (χ0) is 16.2. The SMILES string of the molecule is CCNC(=NCC(C)Oc1ccccc1F)NCCCSC. The molecule has 124 valence electrons. The highest BCUT2D eigenvalue weighted by Gasteiger charge is 2.07. The summed E-state index contributed by atoms with van der Waals surface area (Å²) in [5.41, 5.74) is 0. The molecule has 4 nitrogen and oxygen atoms in total. The van der Waals surface area contributed by atoms with Gasteiger partial charge in [-0.2, -0.15) is 11.8 Å². The number of nitrogens with one attached hydrogen (secondary N) is 2. The van der Waals surface area contributed by atoms with Crippen LogP contribution >= 0.6 is 11.8 Å². The Morgan fingerprint density at radius 2 is 2.14 bits per heavy atom. The van der Waals surface area contributed by atoms with Crippen LogP contribution in [0.15, 0.2) is 29.3 Å². The molecule has 1 aromatic rings. The fourth-order valence-corrected chi connectivity index (χ4v) is 2.21. The van der Waals surface area contributed by atoms with Crippen molar-refractivity contribution in [1.82, 2.24) is 10.6 Å². The number of hydrogen-bond donors (Lipinski definition) is 2. The van der Waals surface area contributed by atoms with E-state index in [1.807, 2.05) is 25.6 Å². The summed E-state index contributed by atoms with van der Waals surface area (Å²) in [6.07, 6.45) is 2.99. The summed E-state index contributed by atoms with van der Waals surface area (Å²) >= 11 is 1.83. The first-order valence-electron chi connectivity index (χ1n) is 7.59. The lowest BCUT2D eigenvalue weighted by Crippen LogP contribution is -2.38. The first-order valence-corrected chi connectivity index (χ1v) is 8.99. The average molecular weight is 327 g/mol. The van der Waals surface area contributed by atoms with Gasteiger partial charge in [0, 0.05) is 13.1 Å². The summed E-state index contributed by atoms with van der Waals surface area (Å²) < 4.78 is 19.1. The third-order valence-corrected chi connectivity index (χ3v) is 3.53. The van der Waals surface area contributed by atoms with Gasteiger partial charge in [0.15, 0.2) is 17.5 Å². The van der Waals surface area contributed by atoms with Crippen molar-refractivity contribution >= 4 is 17.7 Å². The molecule has 0 aromatic heterocycles. The molecule has 0 amide bonds. The van der Waals surface area contributed by atoms with Gasteiger partial charge in [-0.15, -0.1) is 0 Å². The molecular formula is C16H26FN3OS. The van der Waals surface area contributed by atoms with Gasteiger partial charge >= 0.3 is 0 Å². The fourth-order valence-electron chi connectivity index (χ4n) is 1.78. The van der Waals surface area contributed by atoms with Gasteiger partial charge in [0.1, 0.15) is 6.10 Å². The van der Waals surface area contributed by atoms with Crippen LogP contribution in [0.3, 0.4) is 0 Å². The first kappa shape index (κ1) is 18.6. The van der Waals surface area contributed by atoms with Crippen LogP contribution in [0.4, 0.5) is 4.39 Å². The van der Waals surface area contributed by atoms with Crippen molar-refractivity contribution in [1.29, 1.82) is 0 Å². The number of ether oxygens (including phenoxy) is 1. The molecule has 0 spiro atoms. The Morgan fingerprint density at radius 1 is 1.36 bits per heavy atom. The highest BCUT2D eigenvalue weighted by atomic mass is 32.2. The quantitative estimate of drug-likeness (QED) is 0.416. The molecule has 0 saturated heterocycles. The second-order valence-corrected chi connectivity index (χ2v) is 5.84. The Hall–Kier alpha value is -1.43. The number of hydrogen-bond acceptors (Lipinski definition) is 3. The Morgan fingerprint density at radius 3 is 2.82 bits per heavy atom. The van der Waals surface area contributed by atoms with Gasteiger partial charge < -0.3 is 15.4 Å². The van der Waals surface area contributed by atoms with Crippen molar-refractivity contribution in [2.24, 2.45) is 4.99 Å². The molecule has 0 aliphatic heterocycles. The zero-order valence-electron chi connectivity index (χ0n) is 13.6. The van der Waals surface area contributed by atoms with Crippen LogP contribution in [-0.4, -0.2) is 43.7 Å². The number of nitrogens with zero attached hydrogens (tertiary/aromatic N) is 1. The molecule has 0 aliphatic carbocycles. The molecule has 1 unspecified atom stereocenters. The number of thioether (sulfide) groups is 1. The van der Waals surface area contributed by atoms with Crippen molar-refractivity contribution in [3.05, 3.63) is 30.1 Å². The van der Waals surface area contributed by atoms with Gasteiger partial charge in [-0.3, -0.25) is 0 Å². The van der Waals surface area contributed by atoms with Crippen molar-refractivity contribution < 1.29 is 9.13 Å². The number of benzene rings is 1. The number of para-hydroxylation sites is 1. The first-order chi connectivity index (χ1) is 10.7. The normalized spacial score (nSPS) is 12.8. The Kier molecular flexibility index (Phi) is 9.46. The predicted molar refractivity (Wildman–Crippen MR) is 93.5 cm³/mol. The van der Waals surface area contributed by atoms with Crippen LogP contribution in [0.25, 0.3) is 0 Å². The van der Waals surface area contributed by atoms with Crippen LogP contribution < -0.4 is 15.4 Å². The average Bonchev–Trinajstić information content (AvgIpc) is 2.51. The van der Waals surface area contributed by atoms with Crippen LogP contribution in [0.2, 0.25) is 0 Å². The van der Waals surface area contributed by atoms with Gasteiger partial charge in [-0.1, -0.05) is 12.1 Å². The van der Waals surface area contributed by atoms with E-state index in [1.165, 1.54) is 6.07 Å². The third-order valence-electron chi connectivity index (χ3n) is 2.83. The molecular weight excluding hydrogens is 301 g/mol. The molecule has 2 N–H and O–H groups in total. The predicted octanol–water partition coefficient (Wildman–Crippen LogP) is 2.90. The van der Waals surface area contributed by atoms with Gasteiger partial charge in [0.05, 0.1) is 6.54 Å². The summed E-state index contributed by atoms with van der Waals surface area (Å²) in [6.45, 7) is 6.06. The van der Waals surface area contributed by atoms with Gasteiger partial charge in [0.25, 0.3) is 0 Å². The van der Waals surface area contributed by atoms with E-state index in [0.717, 1.165) is 31.2 Å². The highest BCUT2D eigenvalue weighted by Crippen LogP contribution is 2.16. The molecule has 0 aliphatic rings. The molecule has 1 atom stereocenters. The van der Waals surface area contributed by atoms with Gasteiger partial charge in [0.2, 0.25) is 0 Å². The van der Waals surface area contributed by atoms with E-state index in [1.54, 1.807) is 18.2 Å². The summed E-state index contributed by atoms with van der Waals surface area (Å²) in [5, 5.41) is 6.47. The van der Waals surface area contributed by atoms with Crippen molar-refractivity contribution in [3.63, 3.8) is 0 Å². The van der Waals surface area contributed by atoms with Crippen molar-refractivity contribution in [2.75, 3.05) is 31.6 Å². The molecule has 0 radical (unpaired) electrons. The lowest BCUT2D eigenvalue weighted by molar-refractivity contribution is 0.220. The smallest absolute Gasteiger partial charge is 0.191 e. The van der Waals surface area contributed by atoms with E-state index in [4.69, 9.17) is 4.74 Å². The maximum Gasteiger partial charge on any atom is 0.191 e. The Bertz CT molecular complexity index is 457. The summed E-state index contributed by atoms with van der Waals surface area (Å²) in [7, 11) is 0. The van der Waals surface area contributed by atoms with E-state index < -0.39 is 0 Å². The van der Waals surface area contributed by atoms with E-state index in [0.29, 0.717) is 6.54 Å². The molecule has 22 heavy (non-hydrogen) atoms. The molecule has 0 fully saturated rings. The van der Waals surface area contributed by atoms with E-state index >= 15 is 0 Å². The standard InChI is InChI=1S/C16H26FN3OS/c1-4-18-16(19-10-7-11-22-3)20-12-13(2)21-15-9-6-5-8-14(15)17/h5-6,8-9,13H,4,7,10-12H2,1-3H3,(H2,18,19,20). The van der Waals surface area contributed by atoms with E-state index in [9.17, 15) is 4.39 Å². The van der Waals surface area contributed by atoms with Crippen LogP contribution in [-0.2, 0) is 0 Å². The second kappa shape index (κ2) is 11.2. The lowest BCUT2D eigenvalue weighted by atomic mass is 10.3. The Labute approximate surface area is 136 Å². The monoisotopic (exact) mass is 327 g/mol. The maximum atomic E-state index is 13.5. The van der Waals surface area contributed by atoms with Crippen LogP contribution in [0.5, 0.6) is 5.75 Å². The molecule has 0 heterocycles. The van der Waals surface area contributed by atoms with E-state index in [-0.39, 0.29) is 17.7 Å². The summed E-state index contributed by atoms with van der Waals surface area (Å²) in [4.78, 5) is 4.48. The third kappa shape index (κ3) is 7.54. The second-order valence-electron chi connectivity index (χ2n) is 4.85. The lowest BCUT2D eigenvalue weighted by Gasteiger charge is -2.15. The Balaban J connectivity index is 2.45. The minimum Gasteiger partial charge on any atom is -0.486 e. The minimum atomic E-state index is -0.347. The van der Waals surface area contributed by atoms with Crippen molar-refractivity contribution in [3.8, 4) is 5.75 Å².